The van der Waals surface area contributed by atoms with E-state index in [1.54, 1.807) is 6.20 Å². The number of nitrogens with zero attached hydrogens (tertiary/aromatic N) is 4. The fourth-order valence-electron chi connectivity index (χ4n) is 1.62. The molecule has 0 amide bonds. The molecule has 0 aliphatic carbocycles. The summed E-state index contributed by atoms with van der Waals surface area (Å²) < 4.78 is 0. The van der Waals surface area contributed by atoms with Crippen molar-refractivity contribution in [3.63, 3.8) is 0 Å². The topological polar surface area (TPSA) is 62.5 Å². The van der Waals surface area contributed by atoms with Gasteiger partial charge in [0.15, 0.2) is 5.65 Å². The highest BCUT2D eigenvalue weighted by Gasteiger charge is 2.02. The smallest absolute Gasteiger partial charge is 0.228 e. The van der Waals surface area contributed by atoms with Crippen LogP contribution in [0.5, 0.6) is 0 Å². The summed E-state index contributed by atoms with van der Waals surface area (Å²) in [6.07, 6.45) is 1.63. The van der Waals surface area contributed by atoms with Crippen LogP contribution in [-0.2, 0) is 0 Å². The van der Waals surface area contributed by atoms with E-state index in [1.165, 1.54) is 0 Å². The molecule has 0 N–H and O–H groups in total. The molecular formula is C12H6N4. The van der Waals surface area contributed by atoms with Gasteiger partial charge in [-0.1, -0.05) is 18.2 Å². The van der Waals surface area contributed by atoms with E-state index < -0.39 is 0 Å². The average molecular weight is 206 g/mol. The van der Waals surface area contributed by atoms with Gasteiger partial charge in [0, 0.05) is 17.0 Å². The van der Waals surface area contributed by atoms with E-state index >= 15 is 0 Å². The first-order chi connectivity index (χ1) is 7.86. The lowest BCUT2D eigenvalue weighted by molar-refractivity contribution is 1.14. The van der Waals surface area contributed by atoms with Crippen LogP contribution in [0.2, 0.25) is 0 Å². The van der Waals surface area contributed by atoms with Crippen LogP contribution in [0.25, 0.3) is 21.9 Å². The number of pyridine rings is 1. The predicted octanol–water partition coefficient (Wildman–Crippen LogP) is 2.05. The van der Waals surface area contributed by atoms with Gasteiger partial charge in [0.05, 0.1) is 5.52 Å². The van der Waals surface area contributed by atoms with Crippen LogP contribution in [-0.4, -0.2) is 15.0 Å². The molecule has 3 rings (SSSR count). The van der Waals surface area contributed by atoms with E-state index in [0.29, 0.717) is 5.65 Å². The molecule has 2 aromatic heterocycles. The molecule has 0 aliphatic rings. The molecule has 0 atom stereocenters. The Morgan fingerprint density at radius 2 is 1.94 bits per heavy atom. The molecule has 2 heterocycles. The van der Waals surface area contributed by atoms with Gasteiger partial charge >= 0.3 is 0 Å². The molecule has 4 nitrogen and oxygen atoms in total. The van der Waals surface area contributed by atoms with Crippen LogP contribution in [0.15, 0.2) is 36.5 Å². The molecular weight excluding hydrogens is 200 g/mol. The molecule has 3 aromatic rings. The molecule has 0 spiro atoms. The highest BCUT2D eigenvalue weighted by Crippen LogP contribution is 2.17. The van der Waals surface area contributed by atoms with E-state index in [-0.39, 0.29) is 5.82 Å². The van der Waals surface area contributed by atoms with E-state index in [1.807, 2.05) is 36.4 Å². The first-order valence-corrected chi connectivity index (χ1v) is 4.79. The number of hydrogen-bond donors (Lipinski definition) is 0. The molecule has 0 bridgehead atoms. The van der Waals surface area contributed by atoms with Gasteiger partial charge in [0.2, 0.25) is 5.82 Å². The Morgan fingerprint density at radius 1 is 1.06 bits per heavy atom. The van der Waals surface area contributed by atoms with Gasteiger partial charge < -0.3 is 0 Å². The van der Waals surface area contributed by atoms with Gasteiger partial charge in [-0.3, -0.25) is 0 Å². The molecule has 4 heteroatoms. The van der Waals surface area contributed by atoms with Crippen LogP contribution >= 0.6 is 0 Å². The van der Waals surface area contributed by atoms with Crippen molar-refractivity contribution in [2.75, 3.05) is 0 Å². The largest absolute Gasteiger partial charge is 0.234 e. The molecule has 16 heavy (non-hydrogen) atoms. The SMILES string of the molecule is N#Cc1ncc2cc3ccccc3nc2n1. The second-order valence-electron chi connectivity index (χ2n) is 3.40. The molecule has 0 fully saturated rings. The number of aromatic nitrogens is 3. The minimum atomic E-state index is 0.148. The predicted molar refractivity (Wildman–Crippen MR) is 59.6 cm³/mol. The van der Waals surface area contributed by atoms with E-state index in [9.17, 15) is 0 Å². The quantitative estimate of drug-likeness (QED) is 0.528. The second-order valence-corrected chi connectivity index (χ2v) is 3.40. The van der Waals surface area contributed by atoms with Gasteiger partial charge in [0.1, 0.15) is 6.07 Å². The van der Waals surface area contributed by atoms with Gasteiger partial charge in [-0.25, -0.2) is 9.97 Å². The van der Waals surface area contributed by atoms with Gasteiger partial charge in [-0.05, 0) is 12.1 Å². The molecule has 74 valence electrons. The van der Waals surface area contributed by atoms with Crippen LogP contribution in [0.3, 0.4) is 0 Å². The van der Waals surface area contributed by atoms with Crippen LogP contribution in [0, 0.1) is 11.3 Å². The number of rotatable bonds is 0. The summed E-state index contributed by atoms with van der Waals surface area (Å²) in [5.74, 6) is 0.148. The zero-order chi connectivity index (χ0) is 11.0. The number of nitriles is 1. The molecule has 1 aromatic carbocycles. The minimum Gasteiger partial charge on any atom is -0.228 e. The van der Waals surface area contributed by atoms with Crippen molar-refractivity contribution in [2.24, 2.45) is 0 Å². The maximum atomic E-state index is 8.71. The van der Waals surface area contributed by atoms with Crippen molar-refractivity contribution < 1.29 is 0 Å². The third kappa shape index (κ3) is 1.27. The molecule has 0 saturated heterocycles. The monoisotopic (exact) mass is 206 g/mol. The van der Waals surface area contributed by atoms with Gasteiger partial charge in [-0.2, -0.15) is 10.2 Å². The van der Waals surface area contributed by atoms with Crippen molar-refractivity contribution in [2.45, 2.75) is 0 Å². The number of para-hydroxylation sites is 1. The Bertz CT molecular complexity index is 728. The third-order valence-electron chi connectivity index (χ3n) is 2.37. The summed E-state index contributed by atoms with van der Waals surface area (Å²) in [7, 11) is 0. The van der Waals surface area contributed by atoms with Crippen molar-refractivity contribution in [1.82, 2.24) is 15.0 Å². The van der Waals surface area contributed by atoms with Crippen molar-refractivity contribution in [1.29, 1.82) is 5.26 Å². The van der Waals surface area contributed by atoms with Gasteiger partial charge in [0.25, 0.3) is 0 Å². The normalized spacial score (nSPS) is 10.4. The summed E-state index contributed by atoms with van der Waals surface area (Å²) in [5, 5.41) is 10.6. The number of fused-ring (bicyclic) bond motifs is 2. The summed E-state index contributed by atoms with van der Waals surface area (Å²) >= 11 is 0. The zero-order valence-corrected chi connectivity index (χ0v) is 8.25. The Balaban J connectivity index is 2.43. The lowest BCUT2D eigenvalue weighted by Crippen LogP contribution is -1.92. The van der Waals surface area contributed by atoms with E-state index in [0.717, 1.165) is 16.3 Å². The van der Waals surface area contributed by atoms with Crippen molar-refractivity contribution >= 4 is 21.9 Å². The van der Waals surface area contributed by atoms with Gasteiger partial charge in [-0.15, -0.1) is 0 Å². The highest BCUT2D eigenvalue weighted by molar-refractivity contribution is 5.90. The lowest BCUT2D eigenvalue weighted by Gasteiger charge is -1.99. The van der Waals surface area contributed by atoms with Crippen molar-refractivity contribution in [3.05, 3.63) is 42.4 Å². The maximum Gasteiger partial charge on any atom is 0.234 e. The summed E-state index contributed by atoms with van der Waals surface area (Å²) in [5.41, 5.74) is 1.43. The fraction of sp³-hybridized carbons (Fsp3) is 0. The second kappa shape index (κ2) is 3.24. The Labute approximate surface area is 91.2 Å². The average Bonchev–Trinajstić information content (AvgIpc) is 2.35. The van der Waals surface area contributed by atoms with Crippen LogP contribution in [0.1, 0.15) is 5.82 Å². The zero-order valence-electron chi connectivity index (χ0n) is 8.25. The van der Waals surface area contributed by atoms with E-state index in [2.05, 4.69) is 15.0 Å². The first kappa shape index (κ1) is 8.74. The standard InChI is InChI=1S/C12H6N4/c13-6-11-14-7-9-5-8-3-1-2-4-10(8)15-12(9)16-11/h1-5,7H. The third-order valence-corrected chi connectivity index (χ3v) is 2.37. The Kier molecular flexibility index (Phi) is 1.77. The number of hydrogen-bond acceptors (Lipinski definition) is 4. The molecule has 0 saturated carbocycles. The maximum absolute atomic E-state index is 8.71. The number of benzene rings is 1. The summed E-state index contributed by atoms with van der Waals surface area (Å²) in [6, 6.07) is 11.7. The Morgan fingerprint density at radius 3 is 2.81 bits per heavy atom. The van der Waals surface area contributed by atoms with Crippen molar-refractivity contribution in [3.8, 4) is 6.07 Å². The van der Waals surface area contributed by atoms with Crippen LogP contribution < -0.4 is 0 Å². The first-order valence-electron chi connectivity index (χ1n) is 4.79. The van der Waals surface area contributed by atoms with Crippen LogP contribution in [0.4, 0.5) is 0 Å². The summed E-state index contributed by atoms with van der Waals surface area (Å²) in [4.78, 5) is 12.4. The molecule has 0 aliphatic heterocycles. The molecule has 0 unspecified atom stereocenters. The fourth-order valence-corrected chi connectivity index (χ4v) is 1.62. The lowest BCUT2D eigenvalue weighted by atomic mass is 10.2. The molecule has 0 radical (unpaired) electrons. The highest BCUT2D eigenvalue weighted by atomic mass is 14.9. The summed E-state index contributed by atoms with van der Waals surface area (Å²) in [6.45, 7) is 0. The Hall–Kier alpha value is -2.54. The minimum absolute atomic E-state index is 0.148. The van der Waals surface area contributed by atoms with E-state index in [4.69, 9.17) is 5.26 Å².